The number of unbranched alkanes of at least 4 members (excludes halogenated alkanes) is 1. The van der Waals surface area contributed by atoms with E-state index in [0.29, 0.717) is 17.4 Å². The lowest BCUT2D eigenvalue weighted by molar-refractivity contribution is 0.339. The SMILES string of the molecule is C=C(C)C(C)C.C=C(C)C/C(C)=C(C)/C(CC(=C/C(=C/O)C(C)C)/C=C(\C)C(C)(C)C)=C(C)\C(=C\C)CC1C=CC(CC(C)(C)C)=C(O)C(C(C)(C)CC)=C1.CC.CC.CC.CC.CC.CCC/C=C(/C)O. The van der Waals surface area contributed by atoms with Gasteiger partial charge < -0.3 is 15.3 Å². The van der Waals surface area contributed by atoms with Crippen molar-refractivity contribution in [3.63, 3.8) is 0 Å². The van der Waals surface area contributed by atoms with Gasteiger partial charge in [-0.2, -0.15) is 0 Å². The van der Waals surface area contributed by atoms with Crippen LogP contribution in [0.4, 0.5) is 0 Å². The number of allylic oxidation sites excluding steroid dienone is 20. The lowest BCUT2D eigenvalue weighted by Crippen LogP contribution is -2.18. The number of hydrogen-bond donors (Lipinski definition) is 3. The monoisotopic (exact) mass is 1000 g/mol. The molecule has 0 bridgehead atoms. The summed E-state index contributed by atoms with van der Waals surface area (Å²) in [5, 5.41) is 30.5. The topological polar surface area (TPSA) is 60.7 Å². The Hall–Kier alpha value is -3.72. The molecule has 0 amide bonds. The fraction of sp³-hybridized carbons (Fsp3) is 0.652. The van der Waals surface area contributed by atoms with Gasteiger partial charge >= 0.3 is 0 Å². The molecule has 3 nitrogen and oxygen atoms in total. The third-order valence-corrected chi connectivity index (χ3v) is 12.1. The molecule has 0 spiro atoms. The van der Waals surface area contributed by atoms with Gasteiger partial charge in [0.15, 0.2) is 0 Å². The van der Waals surface area contributed by atoms with Crippen molar-refractivity contribution < 1.29 is 15.3 Å². The van der Waals surface area contributed by atoms with E-state index in [2.05, 4.69) is 188 Å². The number of rotatable bonds is 17. The fourth-order valence-electron chi connectivity index (χ4n) is 6.50. The molecule has 0 aromatic carbocycles. The summed E-state index contributed by atoms with van der Waals surface area (Å²) in [7, 11) is 0. The molecular weight excluding hydrogens is 877 g/mol. The van der Waals surface area contributed by atoms with Crippen LogP contribution in [-0.4, -0.2) is 15.3 Å². The van der Waals surface area contributed by atoms with Crippen LogP contribution < -0.4 is 0 Å². The van der Waals surface area contributed by atoms with Gasteiger partial charge in [0.2, 0.25) is 0 Å². The van der Waals surface area contributed by atoms with E-state index in [1.54, 1.807) is 6.92 Å². The van der Waals surface area contributed by atoms with Crippen LogP contribution in [-0.2, 0) is 0 Å². The molecule has 1 aliphatic carbocycles. The molecule has 0 heterocycles. The number of hydrogen-bond acceptors (Lipinski definition) is 3. The van der Waals surface area contributed by atoms with Gasteiger partial charge in [0.1, 0.15) is 5.76 Å². The van der Waals surface area contributed by atoms with Crippen LogP contribution in [0.2, 0.25) is 0 Å². The number of aliphatic hydroxyl groups is 3. The van der Waals surface area contributed by atoms with Crippen LogP contribution in [0.5, 0.6) is 0 Å². The van der Waals surface area contributed by atoms with Crippen molar-refractivity contribution in [2.45, 2.75) is 267 Å². The lowest BCUT2D eigenvalue weighted by atomic mass is 9.77. The Kier molecular flexibility index (Phi) is 52.4. The first-order chi connectivity index (χ1) is 33.3. The molecule has 0 aromatic rings. The molecule has 1 atom stereocenters. The molecule has 3 heteroatoms. The van der Waals surface area contributed by atoms with Crippen molar-refractivity contribution in [3.05, 3.63) is 140 Å². The summed E-state index contributed by atoms with van der Waals surface area (Å²) >= 11 is 0. The fourth-order valence-corrected chi connectivity index (χ4v) is 6.50. The highest BCUT2D eigenvalue weighted by molar-refractivity contribution is 5.51. The summed E-state index contributed by atoms with van der Waals surface area (Å²) in [5.74, 6) is 1.89. The van der Waals surface area contributed by atoms with E-state index in [1.807, 2.05) is 82.2 Å². The van der Waals surface area contributed by atoms with E-state index in [0.717, 1.165) is 67.2 Å². The molecule has 0 fully saturated rings. The molecule has 0 saturated heterocycles. The van der Waals surface area contributed by atoms with Gasteiger partial charge in [-0.15, -0.1) is 0 Å². The first-order valence-electron chi connectivity index (χ1n) is 28.5. The minimum Gasteiger partial charge on any atom is -0.515 e. The Morgan fingerprint density at radius 2 is 1.19 bits per heavy atom. The second-order valence-electron chi connectivity index (χ2n) is 21.5. The molecule has 72 heavy (non-hydrogen) atoms. The van der Waals surface area contributed by atoms with Crippen LogP contribution in [0.3, 0.4) is 0 Å². The van der Waals surface area contributed by atoms with Gasteiger partial charge in [0.05, 0.1) is 12.0 Å². The summed E-state index contributed by atoms with van der Waals surface area (Å²) < 4.78 is 0. The molecular formula is C69H128O3. The zero-order valence-electron chi connectivity index (χ0n) is 54.6. The smallest absolute Gasteiger partial charge is 0.122 e. The largest absolute Gasteiger partial charge is 0.515 e. The Morgan fingerprint density at radius 1 is 0.722 bits per heavy atom. The Bertz CT molecular complexity index is 1770. The predicted molar refractivity (Wildman–Crippen MR) is 337 cm³/mol. The third kappa shape index (κ3) is 38.8. The summed E-state index contributed by atoms with van der Waals surface area (Å²) in [4.78, 5) is 0. The molecule has 0 saturated carbocycles. The second-order valence-corrected chi connectivity index (χ2v) is 21.5. The summed E-state index contributed by atoms with van der Waals surface area (Å²) in [6.45, 7) is 75.8. The van der Waals surface area contributed by atoms with Gasteiger partial charge in [-0.25, -0.2) is 0 Å². The molecule has 422 valence electrons. The minimum absolute atomic E-state index is 0.0295. The second kappa shape index (κ2) is 45.9. The van der Waals surface area contributed by atoms with Crippen molar-refractivity contribution in [2.24, 2.45) is 34.0 Å². The molecule has 1 unspecified atom stereocenters. The van der Waals surface area contributed by atoms with Crippen molar-refractivity contribution in [2.75, 3.05) is 0 Å². The molecule has 1 aliphatic rings. The van der Waals surface area contributed by atoms with Gasteiger partial charge in [-0.3, -0.25) is 0 Å². The first-order valence-corrected chi connectivity index (χ1v) is 28.5. The van der Waals surface area contributed by atoms with Crippen molar-refractivity contribution >= 4 is 0 Å². The van der Waals surface area contributed by atoms with E-state index in [9.17, 15) is 10.2 Å². The van der Waals surface area contributed by atoms with E-state index in [-0.39, 0.29) is 28.1 Å². The van der Waals surface area contributed by atoms with Crippen molar-refractivity contribution in [1.29, 1.82) is 0 Å². The van der Waals surface area contributed by atoms with E-state index < -0.39 is 0 Å². The van der Waals surface area contributed by atoms with E-state index >= 15 is 0 Å². The average Bonchev–Trinajstić information content (AvgIpc) is 3.47. The van der Waals surface area contributed by atoms with Crippen molar-refractivity contribution in [1.82, 2.24) is 0 Å². The third-order valence-electron chi connectivity index (χ3n) is 12.1. The molecule has 1 rings (SSSR count). The molecule has 0 aromatic heterocycles. The van der Waals surface area contributed by atoms with Gasteiger partial charge in [0.25, 0.3) is 0 Å². The van der Waals surface area contributed by atoms with Gasteiger partial charge in [0, 0.05) is 0 Å². The van der Waals surface area contributed by atoms with Gasteiger partial charge in [-0.05, 0) is 179 Å². The van der Waals surface area contributed by atoms with Crippen LogP contribution in [0.1, 0.15) is 267 Å². The zero-order chi connectivity index (χ0) is 58.9. The van der Waals surface area contributed by atoms with Crippen molar-refractivity contribution in [3.8, 4) is 0 Å². The standard InChI is InChI=1S/C47H74O2.C6H12O.C6H12.5C2H6/c1-19-39(25-37-21-22-40(29-45(11,12)13)44(49)43(28-37)47(17,18)20-2)36(10)42(35(9)33(7)23-31(3)4)27-38(24-34(8)46(14,15)16)26-41(30-48)32(5)6;1-3-4-5-6(2)7;1-5(2)6(3)4;5*1-2/h19,21-22,24,26,28,30,32,37,48-49H,3,20,23,25,27,29H2,1-2,4-18H3;5,7H,3-4H2,1-2H3;6H,1H2,2-4H3;5*1-2H3/b34-24+,35-33+,38-26+,39-19+,41-30-,42-36-;6-5-;;;;;;. The van der Waals surface area contributed by atoms with Crippen LogP contribution in [0.25, 0.3) is 0 Å². The Balaban J connectivity index is -0.000000308. The summed E-state index contributed by atoms with van der Waals surface area (Å²) in [6, 6.07) is 0. The first kappa shape index (κ1) is 82.3. The van der Waals surface area contributed by atoms with Crippen LogP contribution in [0, 0.1) is 34.0 Å². The molecule has 3 N–H and O–H groups in total. The highest BCUT2D eigenvalue weighted by atomic mass is 16.3. The quantitative estimate of drug-likeness (QED) is 0.0773. The van der Waals surface area contributed by atoms with Crippen LogP contribution >= 0.6 is 0 Å². The summed E-state index contributed by atoms with van der Waals surface area (Å²) in [5.41, 5.74) is 14.4. The highest BCUT2D eigenvalue weighted by Crippen LogP contribution is 2.42. The summed E-state index contributed by atoms with van der Waals surface area (Å²) in [6.07, 6.45) is 23.0. The maximum absolute atomic E-state index is 11.7. The van der Waals surface area contributed by atoms with E-state index in [1.165, 1.54) is 50.8 Å². The lowest BCUT2D eigenvalue weighted by Gasteiger charge is -2.29. The average molecular weight is 1010 g/mol. The van der Waals surface area contributed by atoms with Gasteiger partial charge in [-0.1, -0.05) is 244 Å². The predicted octanol–water partition coefficient (Wildman–Crippen LogP) is 24.7. The Morgan fingerprint density at radius 3 is 1.51 bits per heavy atom. The zero-order valence-corrected chi connectivity index (χ0v) is 54.6. The molecule has 0 aliphatic heterocycles. The Labute approximate surface area is 454 Å². The molecule has 0 radical (unpaired) electrons. The minimum atomic E-state index is -0.145. The highest BCUT2D eigenvalue weighted by Gasteiger charge is 2.30. The van der Waals surface area contributed by atoms with Crippen LogP contribution in [0.15, 0.2) is 140 Å². The van der Waals surface area contributed by atoms with E-state index in [4.69, 9.17) is 5.11 Å². The maximum Gasteiger partial charge on any atom is 0.122 e. The number of aliphatic hydroxyl groups excluding tert-OH is 3. The normalized spacial score (nSPS) is 15.2. The maximum atomic E-state index is 11.7.